The average Bonchev–Trinajstić information content (AvgIpc) is 3.48. The zero-order valence-electron chi connectivity index (χ0n) is 20.0. The predicted molar refractivity (Wildman–Crippen MR) is 139 cm³/mol. The van der Waals surface area contributed by atoms with Gasteiger partial charge in [0.25, 0.3) is 20.2 Å². The molecule has 1 atom stereocenters. The molecule has 2 aliphatic rings. The number of ether oxygens (including phenoxy) is 1. The molecule has 0 radical (unpaired) electrons. The Morgan fingerprint density at radius 3 is 2.28 bits per heavy atom. The maximum atomic E-state index is 12.0. The van der Waals surface area contributed by atoms with Gasteiger partial charge < -0.3 is 20.3 Å². The minimum Gasteiger partial charge on any atom is -0.378 e. The van der Waals surface area contributed by atoms with Crippen LogP contribution in [0.25, 0.3) is 10.8 Å². The van der Waals surface area contributed by atoms with Gasteiger partial charge in [0, 0.05) is 37.3 Å². The van der Waals surface area contributed by atoms with Crippen LogP contribution >= 0.6 is 0 Å². The van der Waals surface area contributed by atoms with Gasteiger partial charge >= 0.3 is 0 Å². The minimum atomic E-state index is -4.87. The van der Waals surface area contributed by atoms with E-state index in [2.05, 4.69) is 25.6 Å². The van der Waals surface area contributed by atoms with Crippen LogP contribution in [0.2, 0.25) is 0 Å². The number of hydrogen-bond donors (Lipinski definition) is 4. The van der Waals surface area contributed by atoms with Gasteiger partial charge in [0.15, 0.2) is 0 Å². The SMILES string of the molecule is O=S(=O)(O)c1cc(S(=O)(=O)O)c2cc(Nc3nc(NCCN4CS4(=O)=O)nc(N4CCOCC4)n3)ccc2c1. The molecule has 19 heteroatoms. The lowest BCUT2D eigenvalue weighted by atomic mass is 10.1. The van der Waals surface area contributed by atoms with Crippen molar-refractivity contribution in [3.8, 4) is 0 Å². The van der Waals surface area contributed by atoms with Crippen LogP contribution in [-0.4, -0.2) is 98.9 Å². The minimum absolute atomic E-state index is 0.00302. The summed E-state index contributed by atoms with van der Waals surface area (Å²) in [6.07, 6.45) is 0. The third kappa shape index (κ3) is 6.35. The molecule has 5 rings (SSSR count). The van der Waals surface area contributed by atoms with E-state index in [1.165, 1.54) is 22.5 Å². The molecule has 2 aliphatic heterocycles. The molecular weight excluding hydrogens is 578 g/mol. The molecule has 2 aromatic carbocycles. The van der Waals surface area contributed by atoms with Gasteiger partial charge in [0.2, 0.25) is 27.9 Å². The van der Waals surface area contributed by atoms with E-state index in [9.17, 15) is 34.4 Å². The number of sulfonamides is 1. The highest BCUT2D eigenvalue weighted by Gasteiger charge is 2.39. The molecule has 210 valence electrons. The first-order valence-corrected chi connectivity index (χ1v) is 15.9. The molecule has 0 aliphatic carbocycles. The number of benzene rings is 2. The van der Waals surface area contributed by atoms with Crippen molar-refractivity contribution in [1.82, 2.24) is 19.3 Å². The predicted octanol–water partition coefficient (Wildman–Crippen LogP) is 0.113. The zero-order chi connectivity index (χ0) is 28.0. The molecule has 2 saturated heterocycles. The molecule has 1 aromatic heterocycles. The summed E-state index contributed by atoms with van der Waals surface area (Å²) in [6, 6.07) is 5.98. The maximum absolute atomic E-state index is 12.0. The summed E-state index contributed by atoms with van der Waals surface area (Å²) in [4.78, 5) is 13.7. The molecule has 16 nitrogen and oxygen atoms in total. The highest BCUT2D eigenvalue weighted by Crippen LogP contribution is 2.30. The summed E-state index contributed by atoms with van der Waals surface area (Å²) in [5.41, 5.74) is 0.298. The van der Waals surface area contributed by atoms with Crippen LogP contribution in [0.1, 0.15) is 0 Å². The van der Waals surface area contributed by atoms with Crippen molar-refractivity contribution < 1.29 is 39.1 Å². The number of anilines is 4. The molecule has 0 saturated carbocycles. The molecule has 1 unspecified atom stereocenters. The van der Waals surface area contributed by atoms with Gasteiger partial charge in [0.1, 0.15) is 10.8 Å². The summed E-state index contributed by atoms with van der Waals surface area (Å²) in [7, 11) is -12.7. The first-order chi connectivity index (χ1) is 18.3. The Morgan fingerprint density at radius 2 is 1.64 bits per heavy atom. The standard InChI is InChI=1S/C20H23N7O9S3/c28-37(29)12-27(37)4-3-21-18-23-19(25-20(24-18)26-5-7-36-8-6-26)22-14-2-1-13-9-15(38(30,31)32)11-17(16(13)10-14)39(33,34)35/h1-2,9-11H,3-8,12H2,(H,30,31,32)(H,33,34,35)(H2,21,22,23,24,25). The highest BCUT2D eigenvalue weighted by molar-refractivity contribution is 7.95. The number of fused-ring (bicyclic) bond motifs is 1. The van der Waals surface area contributed by atoms with Gasteiger partial charge in [-0.25, -0.2) is 8.42 Å². The number of morpholine rings is 1. The van der Waals surface area contributed by atoms with Crippen LogP contribution < -0.4 is 15.5 Å². The summed E-state index contributed by atoms with van der Waals surface area (Å²) in [6.45, 7) is 2.47. The van der Waals surface area contributed by atoms with Crippen LogP contribution in [-0.2, 0) is 35.0 Å². The van der Waals surface area contributed by atoms with Crippen molar-refractivity contribution in [2.24, 2.45) is 0 Å². The summed E-state index contributed by atoms with van der Waals surface area (Å²) < 4.78 is 95.8. The number of nitrogens with one attached hydrogen (secondary N) is 2. The first kappa shape index (κ1) is 27.4. The third-order valence-electron chi connectivity index (χ3n) is 5.91. The maximum Gasteiger partial charge on any atom is 0.295 e. The van der Waals surface area contributed by atoms with Crippen molar-refractivity contribution in [2.45, 2.75) is 9.79 Å². The fraction of sp³-hybridized carbons (Fsp3) is 0.350. The zero-order valence-corrected chi connectivity index (χ0v) is 22.5. The number of rotatable bonds is 9. The number of aromatic nitrogens is 3. The molecule has 3 heterocycles. The second-order valence-electron chi connectivity index (χ2n) is 8.66. The number of nitrogens with zero attached hydrogens (tertiary/aromatic N) is 5. The molecule has 2 fully saturated rings. The fourth-order valence-electron chi connectivity index (χ4n) is 3.93. The van der Waals surface area contributed by atoms with E-state index in [-0.39, 0.29) is 41.6 Å². The van der Waals surface area contributed by atoms with Gasteiger partial charge in [-0.3, -0.25) is 9.11 Å². The van der Waals surface area contributed by atoms with E-state index in [0.29, 0.717) is 44.0 Å². The van der Waals surface area contributed by atoms with Gasteiger partial charge in [0.05, 0.1) is 18.1 Å². The first-order valence-electron chi connectivity index (χ1n) is 11.4. The third-order valence-corrected chi connectivity index (χ3v) is 9.07. The molecule has 4 N–H and O–H groups in total. The topological polar surface area (TPSA) is 221 Å². The van der Waals surface area contributed by atoms with Crippen LogP contribution in [0.3, 0.4) is 0 Å². The van der Waals surface area contributed by atoms with Gasteiger partial charge in [-0.2, -0.15) is 36.1 Å². The van der Waals surface area contributed by atoms with Crippen LogP contribution in [0.5, 0.6) is 0 Å². The van der Waals surface area contributed by atoms with E-state index in [4.69, 9.17) is 4.74 Å². The van der Waals surface area contributed by atoms with Gasteiger partial charge in [-0.05, 0) is 29.7 Å². The Labute approximate surface area is 223 Å². The van der Waals surface area contributed by atoms with Gasteiger partial charge in [-0.15, -0.1) is 0 Å². The van der Waals surface area contributed by atoms with Crippen LogP contribution in [0.15, 0.2) is 40.1 Å². The van der Waals surface area contributed by atoms with Crippen LogP contribution in [0, 0.1) is 0 Å². The second-order valence-corrected chi connectivity index (χ2v) is 13.4. The summed E-state index contributed by atoms with van der Waals surface area (Å²) in [5.74, 6) is 0.577. The lowest BCUT2D eigenvalue weighted by Gasteiger charge is -2.27. The van der Waals surface area contributed by atoms with Crippen molar-refractivity contribution in [3.63, 3.8) is 0 Å². The smallest absolute Gasteiger partial charge is 0.295 e. The van der Waals surface area contributed by atoms with Crippen molar-refractivity contribution in [1.29, 1.82) is 0 Å². The molecule has 0 bridgehead atoms. The van der Waals surface area contributed by atoms with Gasteiger partial charge in [-0.1, -0.05) is 6.07 Å². The van der Waals surface area contributed by atoms with Crippen molar-refractivity contribution in [2.75, 3.05) is 60.8 Å². The Hall–Kier alpha value is -3.20. The highest BCUT2D eigenvalue weighted by atomic mass is 32.2. The van der Waals surface area contributed by atoms with Crippen LogP contribution in [0.4, 0.5) is 23.5 Å². The summed E-state index contributed by atoms with van der Waals surface area (Å²) >= 11 is 0. The lowest BCUT2D eigenvalue weighted by molar-refractivity contribution is 0.122. The van der Waals surface area contributed by atoms with E-state index < -0.39 is 40.1 Å². The molecular formula is C20H23N7O9S3. The second kappa shape index (κ2) is 10.1. The average molecular weight is 602 g/mol. The number of hydrogen-bond acceptors (Lipinski definition) is 13. The molecule has 3 aromatic rings. The fourth-order valence-corrected chi connectivity index (χ4v) is 6.35. The Balaban J connectivity index is 1.47. The van der Waals surface area contributed by atoms with E-state index >= 15 is 0 Å². The Morgan fingerprint density at radius 1 is 0.949 bits per heavy atom. The largest absolute Gasteiger partial charge is 0.378 e. The molecule has 0 spiro atoms. The summed E-state index contributed by atoms with van der Waals surface area (Å²) in [5, 5.41) is 6.04. The molecule has 0 amide bonds. The monoisotopic (exact) mass is 601 g/mol. The Bertz CT molecular complexity index is 1760. The van der Waals surface area contributed by atoms with E-state index in [1.54, 1.807) is 0 Å². The van der Waals surface area contributed by atoms with Crippen molar-refractivity contribution >= 4 is 64.6 Å². The quantitative estimate of drug-likeness (QED) is 0.189. The normalized spacial score (nSPS) is 19.1. The Kier molecular flexibility index (Phi) is 7.07. The van der Waals surface area contributed by atoms with E-state index in [1.807, 2.05) is 4.90 Å². The van der Waals surface area contributed by atoms with Crippen molar-refractivity contribution in [3.05, 3.63) is 30.3 Å². The molecule has 39 heavy (non-hydrogen) atoms. The van der Waals surface area contributed by atoms with E-state index in [0.717, 1.165) is 6.07 Å². The lowest BCUT2D eigenvalue weighted by Crippen LogP contribution is -2.37.